The van der Waals surface area contributed by atoms with Gasteiger partial charge in [-0.05, 0) is 24.0 Å². The van der Waals surface area contributed by atoms with Crippen LogP contribution < -0.4 is 5.73 Å². The first-order valence-electron chi connectivity index (χ1n) is 5.83. The van der Waals surface area contributed by atoms with Gasteiger partial charge >= 0.3 is 6.09 Å². The third-order valence-electron chi connectivity index (χ3n) is 3.38. The van der Waals surface area contributed by atoms with Crippen molar-refractivity contribution < 1.29 is 9.53 Å². The molecular weight excluding hydrogens is 214 g/mol. The highest BCUT2D eigenvalue weighted by Crippen LogP contribution is 2.47. The number of allylic oxidation sites excluding steroid dienone is 1. The molecule has 0 fully saturated rings. The lowest BCUT2D eigenvalue weighted by atomic mass is 9.93. The van der Waals surface area contributed by atoms with Gasteiger partial charge in [-0.2, -0.15) is 0 Å². The van der Waals surface area contributed by atoms with Gasteiger partial charge < -0.3 is 10.5 Å². The Kier molecular flexibility index (Phi) is 3.18. The average molecular weight is 231 g/mol. The van der Waals surface area contributed by atoms with E-state index in [-0.39, 0.29) is 12.0 Å². The van der Waals surface area contributed by atoms with Crippen LogP contribution >= 0.6 is 0 Å². The molecule has 1 aromatic rings. The molecule has 3 heteroatoms. The molecule has 1 aliphatic rings. The number of carbonyl (C=O) groups excluding carboxylic acids is 1. The molecule has 0 spiro atoms. The molecule has 3 atom stereocenters. The minimum atomic E-state index is -0.714. The largest absolute Gasteiger partial charge is 0.441 e. The Morgan fingerprint density at radius 3 is 2.59 bits per heavy atom. The summed E-state index contributed by atoms with van der Waals surface area (Å²) in [5.41, 5.74) is 7.46. The summed E-state index contributed by atoms with van der Waals surface area (Å²) in [6.45, 7) is 4.12. The van der Waals surface area contributed by atoms with Crippen LogP contribution in [0.5, 0.6) is 0 Å². The smallest absolute Gasteiger partial charge is 0.405 e. The first-order chi connectivity index (χ1) is 8.15. The van der Waals surface area contributed by atoms with Crippen molar-refractivity contribution in [2.24, 2.45) is 11.7 Å². The second kappa shape index (κ2) is 4.62. The van der Waals surface area contributed by atoms with E-state index in [0.29, 0.717) is 5.92 Å². The number of ether oxygens (including phenoxy) is 1. The monoisotopic (exact) mass is 231 g/mol. The number of primary amides is 1. The van der Waals surface area contributed by atoms with Crippen molar-refractivity contribution in [3.8, 4) is 0 Å². The highest BCUT2D eigenvalue weighted by Gasteiger charge is 2.38. The van der Waals surface area contributed by atoms with Crippen LogP contribution in [0.4, 0.5) is 4.79 Å². The maximum Gasteiger partial charge on any atom is 0.405 e. The summed E-state index contributed by atoms with van der Waals surface area (Å²) in [5, 5.41) is 0. The van der Waals surface area contributed by atoms with Crippen molar-refractivity contribution in [1.29, 1.82) is 0 Å². The zero-order valence-electron chi connectivity index (χ0n) is 10.1. The SMILES string of the molecule is C/C=C\C1C(C)c2ccccc2C1OC(N)=O. The summed E-state index contributed by atoms with van der Waals surface area (Å²) >= 11 is 0. The molecule has 90 valence electrons. The minimum Gasteiger partial charge on any atom is -0.441 e. The standard InChI is InChI=1S/C14H17NO2/c1-3-6-11-9(2)10-7-4-5-8-12(10)13(11)17-14(15)16/h3-9,11,13H,1-2H3,(H2,15,16)/b6-3-. The highest BCUT2D eigenvalue weighted by atomic mass is 16.6. The fourth-order valence-electron chi connectivity index (χ4n) is 2.62. The van der Waals surface area contributed by atoms with Crippen molar-refractivity contribution in [3.05, 3.63) is 47.5 Å². The van der Waals surface area contributed by atoms with E-state index in [4.69, 9.17) is 10.5 Å². The van der Waals surface area contributed by atoms with Gasteiger partial charge in [0.05, 0.1) is 0 Å². The fraction of sp³-hybridized carbons (Fsp3) is 0.357. The number of carbonyl (C=O) groups is 1. The summed E-state index contributed by atoms with van der Waals surface area (Å²) in [7, 11) is 0. The minimum absolute atomic E-state index is 0.171. The van der Waals surface area contributed by atoms with Crippen LogP contribution in [0.1, 0.15) is 37.0 Å². The van der Waals surface area contributed by atoms with Crippen LogP contribution in [0.25, 0.3) is 0 Å². The van der Waals surface area contributed by atoms with Crippen LogP contribution in [0.2, 0.25) is 0 Å². The van der Waals surface area contributed by atoms with Gasteiger partial charge in [0.1, 0.15) is 6.10 Å². The van der Waals surface area contributed by atoms with Crippen molar-refractivity contribution in [2.45, 2.75) is 25.9 Å². The quantitative estimate of drug-likeness (QED) is 0.795. The first kappa shape index (κ1) is 11.7. The summed E-state index contributed by atoms with van der Waals surface area (Å²) in [5.74, 6) is 0.511. The molecule has 0 aliphatic heterocycles. The molecule has 2 N–H and O–H groups in total. The highest BCUT2D eigenvalue weighted by molar-refractivity contribution is 5.65. The van der Waals surface area contributed by atoms with Crippen LogP contribution in [0.15, 0.2) is 36.4 Å². The third kappa shape index (κ3) is 2.05. The molecule has 0 saturated heterocycles. The topological polar surface area (TPSA) is 52.3 Å². The van der Waals surface area contributed by atoms with E-state index in [1.54, 1.807) is 0 Å². The van der Waals surface area contributed by atoms with Gasteiger partial charge in [0.25, 0.3) is 0 Å². The number of hydrogen-bond donors (Lipinski definition) is 1. The molecule has 0 bridgehead atoms. The Bertz CT molecular complexity index is 453. The summed E-state index contributed by atoms with van der Waals surface area (Å²) in [6, 6.07) is 8.06. The Hall–Kier alpha value is -1.77. The number of fused-ring (bicyclic) bond motifs is 1. The summed E-state index contributed by atoms with van der Waals surface area (Å²) < 4.78 is 5.26. The zero-order chi connectivity index (χ0) is 12.4. The average Bonchev–Trinajstić information content (AvgIpc) is 2.55. The molecule has 3 unspecified atom stereocenters. The maximum atomic E-state index is 11.0. The second-order valence-corrected chi connectivity index (χ2v) is 4.38. The molecular formula is C14H17NO2. The normalized spacial score (nSPS) is 27.1. The molecule has 3 nitrogen and oxygen atoms in total. The van der Waals surface area contributed by atoms with Crippen LogP contribution in [-0.2, 0) is 4.74 Å². The number of hydrogen-bond acceptors (Lipinski definition) is 2. The number of rotatable bonds is 2. The Morgan fingerprint density at radius 1 is 1.35 bits per heavy atom. The predicted molar refractivity (Wildman–Crippen MR) is 66.6 cm³/mol. The van der Waals surface area contributed by atoms with E-state index in [2.05, 4.69) is 19.1 Å². The molecule has 2 rings (SSSR count). The first-order valence-corrected chi connectivity index (χ1v) is 5.83. The van der Waals surface area contributed by atoms with E-state index >= 15 is 0 Å². The van der Waals surface area contributed by atoms with Gasteiger partial charge in [-0.15, -0.1) is 0 Å². The third-order valence-corrected chi connectivity index (χ3v) is 3.38. The second-order valence-electron chi connectivity index (χ2n) is 4.38. The summed E-state index contributed by atoms with van der Waals surface area (Å²) in [4.78, 5) is 11.0. The van der Waals surface area contributed by atoms with E-state index in [0.717, 1.165) is 5.56 Å². The van der Waals surface area contributed by atoms with Crippen molar-refractivity contribution in [3.63, 3.8) is 0 Å². The lowest BCUT2D eigenvalue weighted by Crippen LogP contribution is -2.20. The lowest BCUT2D eigenvalue weighted by Gasteiger charge is -2.19. The van der Waals surface area contributed by atoms with E-state index in [9.17, 15) is 4.79 Å². The zero-order valence-corrected chi connectivity index (χ0v) is 10.1. The van der Waals surface area contributed by atoms with Gasteiger partial charge in [0, 0.05) is 5.92 Å². The molecule has 0 heterocycles. The van der Waals surface area contributed by atoms with Gasteiger partial charge in [-0.25, -0.2) is 4.79 Å². The molecule has 17 heavy (non-hydrogen) atoms. The molecule has 0 radical (unpaired) electrons. The molecule has 0 saturated carbocycles. The Balaban J connectivity index is 2.41. The molecule has 1 amide bonds. The molecule has 1 aromatic carbocycles. The molecule has 1 aliphatic carbocycles. The van der Waals surface area contributed by atoms with E-state index in [1.807, 2.05) is 31.2 Å². The van der Waals surface area contributed by atoms with Crippen molar-refractivity contribution in [2.75, 3.05) is 0 Å². The lowest BCUT2D eigenvalue weighted by molar-refractivity contribution is 0.0851. The van der Waals surface area contributed by atoms with Gasteiger partial charge in [0.2, 0.25) is 0 Å². The maximum absolute atomic E-state index is 11.0. The Labute approximate surface area is 101 Å². The number of benzene rings is 1. The van der Waals surface area contributed by atoms with Crippen molar-refractivity contribution >= 4 is 6.09 Å². The van der Waals surface area contributed by atoms with Crippen molar-refractivity contribution in [1.82, 2.24) is 0 Å². The fourth-order valence-corrected chi connectivity index (χ4v) is 2.62. The van der Waals surface area contributed by atoms with E-state index in [1.165, 1.54) is 5.56 Å². The van der Waals surface area contributed by atoms with Crippen LogP contribution in [0, 0.1) is 5.92 Å². The molecule has 0 aromatic heterocycles. The van der Waals surface area contributed by atoms with E-state index < -0.39 is 6.09 Å². The number of nitrogens with two attached hydrogens (primary N) is 1. The summed E-state index contributed by atoms with van der Waals surface area (Å²) in [6.07, 6.45) is 3.10. The van der Waals surface area contributed by atoms with Gasteiger partial charge in [-0.1, -0.05) is 43.3 Å². The Morgan fingerprint density at radius 2 is 2.00 bits per heavy atom. The van der Waals surface area contributed by atoms with Gasteiger partial charge in [-0.3, -0.25) is 0 Å². The van der Waals surface area contributed by atoms with Crippen LogP contribution in [0.3, 0.4) is 0 Å². The number of amides is 1. The van der Waals surface area contributed by atoms with Crippen LogP contribution in [-0.4, -0.2) is 6.09 Å². The predicted octanol–water partition coefficient (Wildman–Crippen LogP) is 3.13. The van der Waals surface area contributed by atoms with Gasteiger partial charge in [0.15, 0.2) is 0 Å².